The number of nitrogens with one attached hydrogen (secondary N) is 1. The van der Waals surface area contributed by atoms with Gasteiger partial charge in [-0.15, -0.1) is 0 Å². The molecule has 2 aromatic rings. The van der Waals surface area contributed by atoms with E-state index in [-0.39, 0.29) is 24.3 Å². The lowest BCUT2D eigenvalue weighted by atomic mass is 9.93. The van der Waals surface area contributed by atoms with Crippen molar-refractivity contribution in [3.05, 3.63) is 65.9 Å². The van der Waals surface area contributed by atoms with Gasteiger partial charge in [-0.25, -0.2) is 0 Å². The van der Waals surface area contributed by atoms with Gasteiger partial charge in [-0.2, -0.15) is 0 Å². The Kier molecular flexibility index (Phi) is 6.14. The second kappa shape index (κ2) is 8.74. The molecule has 5 heteroatoms. The molecule has 2 amide bonds. The van der Waals surface area contributed by atoms with Crippen LogP contribution >= 0.6 is 0 Å². The largest absolute Gasteiger partial charge is 0.372 e. The van der Waals surface area contributed by atoms with E-state index in [1.807, 2.05) is 54.6 Å². The van der Waals surface area contributed by atoms with Crippen molar-refractivity contribution in [2.75, 3.05) is 23.3 Å². The third-order valence-electron chi connectivity index (χ3n) is 5.13. The van der Waals surface area contributed by atoms with E-state index in [0.717, 1.165) is 35.6 Å². The van der Waals surface area contributed by atoms with Crippen molar-refractivity contribution >= 4 is 29.3 Å². The molecule has 1 unspecified atom stereocenters. The molecule has 1 aliphatic heterocycles. The molecule has 1 atom stereocenters. The molecule has 1 heterocycles. The first kappa shape index (κ1) is 19.7. The number of carbonyl (C=O) groups excluding carboxylic acids is 2. The number of amides is 2. The van der Waals surface area contributed by atoms with Crippen molar-refractivity contribution in [3.63, 3.8) is 0 Å². The van der Waals surface area contributed by atoms with Gasteiger partial charge in [0.05, 0.1) is 12.5 Å². The molecule has 3 rings (SSSR count). The maximum Gasteiger partial charge on any atom is 0.226 e. The number of benzene rings is 2. The number of nitrogens with zero attached hydrogens (tertiary/aromatic N) is 2. The summed E-state index contributed by atoms with van der Waals surface area (Å²) in [6, 6.07) is 15.5. The molecule has 0 aromatic heterocycles. The van der Waals surface area contributed by atoms with Crippen LogP contribution in [0.25, 0.3) is 6.08 Å². The van der Waals surface area contributed by atoms with E-state index in [0.29, 0.717) is 0 Å². The van der Waals surface area contributed by atoms with Crippen LogP contribution < -0.4 is 10.2 Å². The van der Waals surface area contributed by atoms with Crippen molar-refractivity contribution in [2.45, 2.75) is 33.2 Å². The van der Waals surface area contributed by atoms with Gasteiger partial charge in [0, 0.05) is 37.6 Å². The minimum absolute atomic E-state index is 0.0767. The number of carbonyl (C=O) groups is 2. The van der Waals surface area contributed by atoms with Crippen molar-refractivity contribution in [3.8, 4) is 0 Å². The lowest BCUT2D eigenvalue weighted by Crippen LogP contribution is -2.33. The first-order chi connectivity index (χ1) is 13.5. The molecule has 28 heavy (non-hydrogen) atoms. The van der Waals surface area contributed by atoms with Gasteiger partial charge in [-0.3, -0.25) is 9.59 Å². The van der Waals surface area contributed by atoms with Crippen LogP contribution in [0.5, 0.6) is 0 Å². The monoisotopic (exact) mass is 377 g/mol. The zero-order valence-electron chi connectivity index (χ0n) is 16.7. The van der Waals surface area contributed by atoms with Gasteiger partial charge in [0.15, 0.2) is 0 Å². The Bertz CT molecular complexity index is 870. The molecule has 0 radical (unpaired) electrons. The summed E-state index contributed by atoms with van der Waals surface area (Å²) in [6.07, 6.45) is 3.89. The molecular formula is C23H27N3O2. The van der Waals surface area contributed by atoms with Crippen molar-refractivity contribution < 1.29 is 9.59 Å². The van der Waals surface area contributed by atoms with Crippen LogP contribution in [0.4, 0.5) is 11.4 Å². The predicted octanol–water partition coefficient (Wildman–Crippen LogP) is 4.44. The summed E-state index contributed by atoms with van der Waals surface area (Å²) in [7, 11) is 0. The van der Waals surface area contributed by atoms with Gasteiger partial charge < -0.3 is 15.1 Å². The van der Waals surface area contributed by atoms with Crippen molar-refractivity contribution in [2.24, 2.45) is 0 Å². The fraction of sp³-hybridized carbons (Fsp3) is 0.304. The molecule has 0 bridgehead atoms. The number of hydrogen-bond donors (Lipinski definition) is 1. The van der Waals surface area contributed by atoms with E-state index in [1.165, 1.54) is 6.92 Å². The minimum Gasteiger partial charge on any atom is -0.372 e. The Morgan fingerprint density at radius 2 is 1.71 bits per heavy atom. The summed E-state index contributed by atoms with van der Waals surface area (Å²) in [4.78, 5) is 28.6. The highest BCUT2D eigenvalue weighted by molar-refractivity contribution is 5.92. The second-order valence-corrected chi connectivity index (χ2v) is 6.86. The Balaban J connectivity index is 1.73. The van der Waals surface area contributed by atoms with Crippen LogP contribution in [0, 0.1) is 0 Å². The van der Waals surface area contributed by atoms with Crippen molar-refractivity contribution in [1.29, 1.82) is 0 Å². The van der Waals surface area contributed by atoms with E-state index < -0.39 is 0 Å². The van der Waals surface area contributed by atoms with Crippen LogP contribution in [0.1, 0.15) is 44.4 Å². The molecule has 5 nitrogen and oxygen atoms in total. The number of rotatable bonds is 6. The first-order valence-corrected chi connectivity index (χ1v) is 9.74. The van der Waals surface area contributed by atoms with E-state index in [2.05, 4.69) is 24.1 Å². The topological polar surface area (TPSA) is 52.7 Å². The molecule has 0 spiro atoms. The van der Waals surface area contributed by atoms with Crippen molar-refractivity contribution in [1.82, 2.24) is 4.90 Å². The minimum atomic E-state index is -0.298. The van der Waals surface area contributed by atoms with Crippen LogP contribution in [0.15, 0.2) is 54.7 Å². The summed E-state index contributed by atoms with van der Waals surface area (Å²) >= 11 is 0. The molecule has 146 valence electrons. The lowest BCUT2D eigenvalue weighted by Gasteiger charge is -2.32. The maximum absolute atomic E-state index is 12.7. The quantitative estimate of drug-likeness (QED) is 0.810. The fourth-order valence-corrected chi connectivity index (χ4v) is 3.65. The lowest BCUT2D eigenvalue weighted by molar-refractivity contribution is -0.129. The van der Waals surface area contributed by atoms with Gasteiger partial charge in [-0.05, 0) is 55.3 Å². The van der Waals surface area contributed by atoms with Crippen LogP contribution in [-0.2, 0) is 9.59 Å². The average molecular weight is 377 g/mol. The van der Waals surface area contributed by atoms with Gasteiger partial charge >= 0.3 is 0 Å². The average Bonchev–Trinajstić information content (AvgIpc) is 2.70. The zero-order chi connectivity index (χ0) is 20.1. The Labute approximate surface area is 166 Å². The molecular weight excluding hydrogens is 350 g/mol. The zero-order valence-corrected chi connectivity index (χ0v) is 16.7. The molecule has 0 fully saturated rings. The van der Waals surface area contributed by atoms with Gasteiger partial charge in [0.2, 0.25) is 11.8 Å². The molecule has 1 N–H and O–H groups in total. The maximum atomic E-state index is 12.7. The van der Waals surface area contributed by atoms with Crippen LogP contribution in [0.2, 0.25) is 0 Å². The molecule has 0 saturated carbocycles. The summed E-state index contributed by atoms with van der Waals surface area (Å²) < 4.78 is 0. The van der Waals surface area contributed by atoms with Gasteiger partial charge in [-0.1, -0.05) is 24.3 Å². The van der Waals surface area contributed by atoms with Crippen LogP contribution in [-0.4, -0.2) is 29.8 Å². The summed E-state index contributed by atoms with van der Waals surface area (Å²) in [5, 5.41) is 2.96. The second-order valence-electron chi connectivity index (χ2n) is 6.86. The molecule has 0 saturated heterocycles. The van der Waals surface area contributed by atoms with E-state index >= 15 is 0 Å². The van der Waals surface area contributed by atoms with Crippen LogP contribution in [0.3, 0.4) is 0 Å². The summed E-state index contributed by atoms with van der Waals surface area (Å²) in [5.74, 6) is -0.191. The molecule has 1 aliphatic rings. The number of fused-ring (bicyclic) bond motifs is 1. The third-order valence-corrected chi connectivity index (χ3v) is 5.13. The Morgan fingerprint density at radius 1 is 1.04 bits per heavy atom. The third kappa shape index (κ3) is 4.25. The highest BCUT2D eigenvalue weighted by Crippen LogP contribution is 2.33. The standard InChI is InChI=1S/C23H27N3O2/c1-4-25(5-2)20-12-10-19(11-13-20)24-23(28)16-22-21-9-7-6-8-18(21)14-15-26(22)17(3)27/h6-15,22H,4-5,16H2,1-3H3,(H,24,28). The van der Waals surface area contributed by atoms with Gasteiger partial charge in [0.1, 0.15) is 0 Å². The van der Waals surface area contributed by atoms with Gasteiger partial charge in [0.25, 0.3) is 0 Å². The summed E-state index contributed by atoms with van der Waals surface area (Å²) in [6.45, 7) is 7.65. The van der Waals surface area contributed by atoms with E-state index in [1.54, 1.807) is 11.1 Å². The number of hydrogen-bond acceptors (Lipinski definition) is 3. The first-order valence-electron chi connectivity index (χ1n) is 9.74. The molecule has 2 aromatic carbocycles. The normalized spacial score (nSPS) is 15.1. The Hall–Kier alpha value is -3.08. The summed E-state index contributed by atoms with van der Waals surface area (Å²) in [5.41, 5.74) is 3.93. The highest BCUT2D eigenvalue weighted by atomic mass is 16.2. The predicted molar refractivity (Wildman–Crippen MR) is 114 cm³/mol. The molecule has 0 aliphatic carbocycles. The smallest absolute Gasteiger partial charge is 0.226 e. The number of anilines is 2. The highest BCUT2D eigenvalue weighted by Gasteiger charge is 2.28. The Morgan fingerprint density at radius 3 is 2.36 bits per heavy atom. The SMILES string of the molecule is CCN(CC)c1ccc(NC(=O)CC2c3ccccc3C=CN2C(C)=O)cc1. The van der Waals surface area contributed by atoms with E-state index in [9.17, 15) is 9.59 Å². The van der Waals surface area contributed by atoms with E-state index in [4.69, 9.17) is 0 Å². The fourth-order valence-electron chi connectivity index (χ4n) is 3.65.